The van der Waals surface area contributed by atoms with E-state index in [1.165, 1.54) is 0 Å². The van der Waals surface area contributed by atoms with Gasteiger partial charge in [0.2, 0.25) is 0 Å². The molecule has 0 aliphatic rings. The van der Waals surface area contributed by atoms with Gasteiger partial charge in [0.25, 0.3) is 0 Å². The summed E-state index contributed by atoms with van der Waals surface area (Å²) in [5.41, 5.74) is 0. The van der Waals surface area contributed by atoms with Gasteiger partial charge in [-0.05, 0) is 0 Å². The second-order valence-electron chi connectivity index (χ2n) is 1.92. The van der Waals surface area contributed by atoms with Crippen LogP contribution in [0.4, 0.5) is 0 Å². The highest BCUT2D eigenvalue weighted by molar-refractivity contribution is 4.83. The number of nitrogens with zero attached hydrogens (tertiary/aromatic N) is 3. The van der Waals surface area contributed by atoms with Crippen LogP contribution in [0.15, 0.2) is 0 Å². The number of hydrogen-bond acceptors (Lipinski definition) is 3. The Morgan fingerprint density at radius 2 is 2.25 bits per heavy atom. The third kappa shape index (κ3) is 0.828. The van der Waals surface area contributed by atoms with Gasteiger partial charge < -0.3 is 0 Å². The molecule has 0 aromatic carbocycles. The smallest absolute Gasteiger partial charge is 0.177 e. The van der Waals surface area contributed by atoms with E-state index in [4.69, 9.17) is 0 Å². The van der Waals surface area contributed by atoms with Crippen molar-refractivity contribution >= 4 is 0 Å². The van der Waals surface area contributed by atoms with Gasteiger partial charge >= 0.3 is 0 Å². The molecule has 4 nitrogen and oxygen atoms in total. The van der Waals surface area contributed by atoms with Gasteiger partial charge in [-0.2, -0.15) is 5.21 Å². The number of H-pyrrole nitrogens is 1. The molecule has 0 amide bonds. The zero-order valence-electron chi connectivity index (χ0n) is 4.92. The van der Waals surface area contributed by atoms with Gasteiger partial charge in [0.1, 0.15) is 0 Å². The van der Waals surface area contributed by atoms with Crippen LogP contribution in [0.3, 0.4) is 0 Å². The molecule has 0 aliphatic carbocycles. The summed E-state index contributed by atoms with van der Waals surface area (Å²) in [6, 6.07) is 0. The summed E-state index contributed by atoms with van der Waals surface area (Å²) in [6.07, 6.45) is 0. The van der Waals surface area contributed by atoms with Crippen molar-refractivity contribution in [1.82, 2.24) is 20.6 Å². The molecular formula is C4H8N4. The minimum Gasteiger partial charge on any atom is -0.177 e. The van der Waals surface area contributed by atoms with Crippen molar-refractivity contribution in [1.29, 1.82) is 0 Å². The van der Waals surface area contributed by atoms with Crippen LogP contribution in [0.2, 0.25) is 0 Å². The van der Waals surface area contributed by atoms with Crippen molar-refractivity contribution in [3.8, 4) is 0 Å². The first-order valence-corrected chi connectivity index (χ1v) is 2.54. The summed E-state index contributed by atoms with van der Waals surface area (Å²) in [7, 11) is 0. The van der Waals surface area contributed by atoms with Crippen LogP contribution in [0.5, 0.6) is 0 Å². The van der Waals surface area contributed by atoms with E-state index in [2.05, 4.69) is 20.6 Å². The fraction of sp³-hybridized carbons (Fsp3) is 0.750. The van der Waals surface area contributed by atoms with E-state index in [0.29, 0.717) is 5.92 Å². The van der Waals surface area contributed by atoms with Gasteiger partial charge in [-0.25, -0.2) is 0 Å². The van der Waals surface area contributed by atoms with Crippen molar-refractivity contribution in [2.75, 3.05) is 0 Å². The summed E-state index contributed by atoms with van der Waals surface area (Å²) in [5.74, 6) is 1.14. The average molecular weight is 112 g/mol. The lowest BCUT2D eigenvalue weighted by Crippen LogP contribution is -1.88. The minimum absolute atomic E-state index is 0.369. The molecule has 0 atom stereocenters. The molecule has 8 heavy (non-hydrogen) atoms. The van der Waals surface area contributed by atoms with Crippen molar-refractivity contribution in [3.63, 3.8) is 0 Å². The Bertz CT molecular complexity index is 143. The van der Waals surface area contributed by atoms with E-state index in [0.717, 1.165) is 5.82 Å². The first-order valence-electron chi connectivity index (χ1n) is 2.54. The summed E-state index contributed by atoms with van der Waals surface area (Å²) >= 11 is 0. The van der Waals surface area contributed by atoms with E-state index in [-0.39, 0.29) is 0 Å². The Hall–Kier alpha value is -0.930. The highest BCUT2D eigenvalue weighted by Gasteiger charge is 2.00. The molecule has 1 aromatic heterocycles. The Morgan fingerprint density at radius 1 is 1.50 bits per heavy atom. The third-order valence-electron chi connectivity index (χ3n) is 0.878. The molecule has 4 heteroatoms. The van der Waals surface area contributed by atoms with E-state index in [1.807, 2.05) is 13.8 Å². The normalized spacial score (nSPS) is 10.4. The van der Waals surface area contributed by atoms with Crippen molar-refractivity contribution in [2.24, 2.45) is 0 Å². The zero-order chi connectivity index (χ0) is 5.98. The van der Waals surface area contributed by atoms with Crippen LogP contribution in [0.25, 0.3) is 0 Å². The summed E-state index contributed by atoms with van der Waals surface area (Å²) in [6.45, 7) is 4.04. The predicted molar refractivity (Wildman–Crippen MR) is 28.3 cm³/mol. The predicted octanol–water partition coefficient (Wildman–Crippen LogP) is 0.323. The minimum atomic E-state index is 0.369. The monoisotopic (exact) mass is 112 g/mol. The van der Waals surface area contributed by atoms with Gasteiger partial charge in [0.05, 0.1) is 0 Å². The van der Waals surface area contributed by atoms with Crippen molar-refractivity contribution in [3.05, 3.63) is 5.82 Å². The number of aromatic amines is 1. The van der Waals surface area contributed by atoms with Crippen LogP contribution in [0.1, 0.15) is 25.6 Å². The molecule has 1 aromatic rings. The largest absolute Gasteiger partial charge is 0.177 e. The van der Waals surface area contributed by atoms with Gasteiger partial charge in [-0.15, -0.1) is 10.2 Å². The second-order valence-corrected chi connectivity index (χ2v) is 1.92. The molecule has 0 unspecified atom stereocenters. The maximum absolute atomic E-state index is 3.77. The maximum atomic E-state index is 3.77. The Balaban J connectivity index is 2.77. The number of aromatic nitrogens is 4. The summed E-state index contributed by atoms with van der Waals surface area (Å²) in [4.78, 5) is 0. The molecule has 0 fully saturated rings. The molecular weight excluding hydrogens is 104 g/mol. The maximum Gasteiger partial charge on any atom is 0.177 e. The summed E-state index contributed by atoms with van der Waals surface area (Å²) in [5, 5.41) is 13.3. The highest BCUT2D eigenvalue weighted by Crippen LogP contribution is 2.03. The van der Waals surface area contributed by atoms with Crippen LogP contribution < -0.4 is 0 Å². The Labute approximate surface area is 47.3 Å². The van der Waals surface area contributed by atoms with Crippen LogP contribution in [-0.4, -0.2) is 20.6 Å². The number of rotatable bonds is 1. The van der Waals surface area contributed by atoms with Gasteiger partial charge in [0.15, 0.2) is 5.82 Å². The lowest BCUT2D eigenvalue weighted by molar-refractivity contribution is 0.778. The molecule has 0 bridgehead atoms. The fourth-order valence-corrected chi connectivity index (χ4v) is 0.414. The lowest BCUT2D eigenvalue weighted by Gasteiger charge is -1.90. The number of tetrazole rings is 1. The molecule has 0 spiro atoms. The highest BCUT2D eigenvalue weighted by atomic mass is 15.5. The van der Waals surface area contributed by atoms with Gasteiger partial charge in [-0.3, -0.25) is 0 Å². The number of hydrogen-bond donors (Lipinski definition) is 1. The topological polar surface area (TPSA) is 54.5 Å². The molecule has 0 saturated carbocycles. The SMILES string of the molecule is CC(C)c1nn[nH]n1. The van der Waals surface area contributed by atoms with Crippen LogP contribution in [-0.2, 0) is 0 Å². The molecule has 1 rings (SSSR count). The van der Waals surface area contributed by atoms with Crippen LogP contribution >= 0.6 is 0 Å². The average Bonchev–Trinajstić information content (AvgIpc) is 2.12. The van der Waals surface area contributed by atoms with Crippen LogP contribution in [0, 0.1) is 0 Å². The third-order valence-corrected chi connectivity index (χ3v) is 0.878. The van der Waals surface area contributed by atoms with Crippen molar-refractivity contribution in [2.45, 2.75) is 19.8 Å². The van der Waals surface area contributed by atoms with Gasteiger partial charge in [-0.1, -0.05) is 19.1 Å². The molecule has 0 aliphatic heterocycles. The fourth-order valence-electron chi connectivity index (χ4n) is 0.414. The molecule has 1 heterocycles. The lowest BCUT2D eigenvalue weighted by atomic mass is 10.2. The first-order chi connectivity index (χ1) is 3.80. The van der Waals surface area contributed by atoms with E-state index in [9.17, 15) is 0 Å². The second kappa shape index (κ2) is 1.90. The van der Waals surface area contributed by atoms with Crippen molar-refractivity contribution < 1.29 is 0 Å². The molecule has 44 valence electrons. The zero-order valence-corrected chi connectivity index (χ0v) is 4.92. The van der Waals surface area contributed by atoms with E-state index in [1.54, 1.807) is 0 Å². The molecule has 1 N–H and O–H groups in total. The molecule has 0 saturated heterocycles. The summed E-state index contributed by atoms with van der Waals surface area (Å²) < 4.78 is 0. The standard InChI is InChI=1S/C4H8N4/c1-3(2)4-5-7-8-6-4/h3H,1-2H3,(H,5,6,7,8). The molecule has 0 radical (unpaired) electrons. The Kier molecular flexibility index (Phi) is 1.24. The number of nitrogens with one attached hydrogen (secondary N) is 1. The van der Waals surface area contributed by atoms with E-state index >= 15 is 0 Å². The quantitative estimate of drug-likeness (QED) is 0.569. The van der Waals surface area contributed by atoms with E-state index < -0.39 is 0 Å². The Morgan fingerprint density at radius 3 is 2.50 bits per heavy atom. The van der Waals surface area contributed by atoms with Gasteiger partial charge in [0, 0.05) is 5.92 Å². The first kappa shape index (κ1) is 5.21.